The monoisotopic (exact) mass is 454 g/mol. The van der Waals surface area contributed by atoms with Crippen molar-refractivity contribution in [2.24, 2.45) is 5.92 Å². The molecule has 1 N–H and O–H groups in total. The first kappa shape index (κ1) is 22.2. The maximum Gasteiger partial charge on any atom is 0.224 e. The Labute approximate surface area is 191 Å². The summed E-state index contributed by atoms with van der Waals surface area (Å²) in [6.07, 6.45) is 3.00. The first-order valence-electron chi connectivity index (χ1n) is 10.8. The molecule has 1 saturated heterocycles. The van der Waals surface area contributed by atoms with E-state index in [0.29, 0.717) is 25.3 Å². The van der Waals surface area contributed by atoms with Crippen molar-refractivity contribution in [2.45, 2.75) is 25.7 Å². The minimum atomic E-state index is -0.236. The van der Waals surface area contributed by atoms with Crippen LogP contribution in [-0.2, 0) is 17.6 Å². The van der Waals surface area contributed by atoms with E-state index in [1.807, 2.05) is 24.3 Å². The number of hydrogen-bond acceptors (Lipinski definition) is 6. The van der Waals surface area contributed by atoms with Gasteiger partial charge >= 0.3 is 0 Å². The van der Waals surface area contributed by atoms with Gasteiger partial charge in [-0.1, -0.05) is 24.3 Å². The van der Waals surface area contributed by atoms with Crippen LogP contribution in [0.5, 0.6) is 5.75 Å². The smallest absolute Gasteiger partial charge is 0.224 e. The minimum Gasteiger partial charge on any atom is -0.497 e. The fourth-order valence-electron chi connectivity index (χ4n) is 3.81. The fourth-order valence-corrected chi connectivity index (χ4v) is 4.54. The molecule has 1 aromatic heterocycles. The molecule has 0 spiro atoms. The molecule has 168 valence electrons. The Bertz CT molecular complexity index is 1020. The first-order chi connectivity index (χ1) is 15.6. The minimum absolute atomic E-state index is 0.0483. The molecular weight excluding hydrogens is 427 g/mol. The predicted molar refractivity (Wildman–Crippen MR) is 124 cm³/mol. The van der Waals surface area contributed by atoms with Gasteiger partial charge in [-0.2, -0.15) is 4.37 Å². The molecule has 2 heterocycles. The van der Waals surface area contributed by atoms with Crippen molar-refractivity contribution in [3.8, 4) is 5.75 Å². The molecule has 4 rings (SSSR count). The van der Waals surface area contributed by atoms with Gasteiger partial charge in [-0.3, -0.25) is 4.79 Å². The van der Waals surface area contributed by atoms with E-state index in [2.05, 4.69) is 19.6 Å². The quantitative estimate of drug-likeness (QED) is 0.560. The van der Waals surface area contributed by atoms with E-state index >= 15 is 0 Å². The van der Waals surface area contributed by atoms with Gasteiger partial charge in [0.05, 0.1) is 13.5 Å². The summed E-state index contributed by atoms with van der Waals surface area (Å²) in [4.78, 5) is 19.2. The van der Waals surface area contributed by atoms with Crippen molar-refractivity contribution < 1.29 is 13.9 Å². The van der Waals surface area contributed by atoms with Gasteiger partial charge in [-0.05, 0) is 54.2 Å². The first-order valence-corrected chi connectivity index (χ1v) is 11.6. The molecule has 2 aromatic carbocycles. The number of benzene rings is 2. The van der Waals surface area contributed by atoms with Crippen LogP contribution in [0.4, 0.5) is 9.52 Å². The van der Waals surface area contributed by atoms with Gasteiger partial charge in [0.15, 0.2) is 0 Å². The van der Waals surface area contributed by atoms with Crippen LogP contribution in [-0.4, -0.2) is 42.0 Å². The Kier molecular flexibility index (Phi) is 7.32. The maximum absolute atomic E-state index is 13.1. The van der Waals surface area contributed by atoms with Gasteiger partial charge in [-0.15, -0.1) is 0 Å². The fraction of sp³-hybridized carbons (Fsp3) is 0.375. The predicted octanol–water partition coefficient (Wildman–Crippen LogP) is 3.85. The molecule has 0 bridgehead atoms. The number of hydrogen-bond donors (Lipinski definition) is 1. The summed E-state index contributed by atoms with van der Waals surface area (Å²) < 4.78 is 22.7. The maximum atomic E-state index is 13.1. The summed E-state index contributed by atoms with van der Waals surface area (Å²) in [6.45, 7) is 2.52. The number of carbonyl (C=O) groups is 1. The highest BCUT2D eigenvalue weighted by Crippen LogP contribution is 2.25. The average Bonchev–Trinajstić information content (AvgIpc) is 3.28. The normalized spacial score (nSPS) is 14.4. The third-order valence-corrected chi connectivity index (χ3v) is 6.54. The summed E-state index contributed by atoms with van der Waals surface area (Å²) >= 11 is 1.41. The number of nitrogens with zero attached hydrogens (tertiary/aromatic N) is 3. The van der Waals surface area contributed by atoms with Crippen LogP contribution in [0.3, 0.4) is 0 Å². The topological polar surface area (TPSA) is 67.3 Å². The highest BCUT2D eigenvalue weighted by Gasteiger charge is 2.22. The molecule has 0 aliphatic carbocycles. The van der Waals surface area contributed by atoms with E-state index < -0.39 is 0 Å². The number of piperidine rings is 1. The van der Waals surface area contributed by atoms with Gasteiger partial charge < -0.3 is 15.0 Å². The third kappa shape index (κ3) is 6.03. The van der Waals surface area contributed by atoms with Crippen molar-refractivity contribution in [3.63, 3.8) is 0 Å². The number of rotatable bonds is 8. The van der Waals surface area contributed by atoms with E-state index in [0.717, 1.165) is 53.8 Å². The van der Waals surface area contributed by atoms with Crippen molar-refractivity contribution in [2.75, 3.05) is 31.6 Å². The summed E-state index contributed by atoms with van der Waals surface area (Å²) in [7, 11) is 1.63. The van der Waals surface area contributed by atoms with Gasteiger partial charge in [-0.25, -0.2) is 9.37 Å². The number of carbonyl (C=O) groups excluding carboxylic acids is 1. The number of amides is 1. The molecule has 8 heteroatoms. The SMILES string of the molecule is COc1ccc(CC(=O)NCC2CCN(c3nc(Cc4ccc(F)cc4)ns3)CC2)cc1. The Hall–Kier alpha value is -3.00. The van der Waals surface area contributed by atoms with Crippen LogP contribution in [0.25, 0.3) is 0 Å². The molecule has 32 heavy (non-hydrogen) atoms. The molecule has 0 unspecified atom stereocenters. The summed E-state index contributed by atoms with van der Waals surface area (Å²) in [5.41, 5.74) is 1.98. The summed E-state index contributed by atoms with van der Waals surface area (Å²) in [5, 5.41) is 4.01. The lowest BCUT2D eigenvalue weighted by atomic mass is 9.97. The number of ether oxygens (including phenoxy) is 1. The summed E-state index contributed by atoms with van der Waals surface area (Å²) in [5.74, 6) is 1.84. The number of halogens is 1. The zero-order chi connectivity index (χ0) is 22.3. The van der Waals surface area contributed by atoms with E-state index in [9.17, 15) is 9.18 Å². The van der Waals surface area contributed by atoms with Crippen molar-refractivity contribution in [1.82, 2.24) is 14.7 Å². The molecule has 3 aromatic rings. The van der Waals surface area contributed by atoms with Crippen LogP contribution in [0.2, 0.25) is 0 Å². The second-order valence-corrected chi connectivity index (χ2v) is 8.79. The molecule has 1 aliphatic heterocycles. The third-order valence-electron chi connectivity index (χ3n) is 5.73. The van der Waals surface area contributed by atoms with Crippen LogP contribution in [0, 0.1) is 11.7 Å². The number of anilines is 1. The largest absolute Gasteiger partial charge is 0.497 e. The molecule has 0 saturated carbocycles. The molecule has 1 fully saturated rings. The molecule has 1 amide bonds. The molecule has 0 atom stereocenters. The number of aromatic nitrogens is 2. The van der Waals surface area contributed by atoms with Crippen LogP contribution < -0.4 is 15.0 Å². The summed E-state index contributed by atoms with van der Waals surface area (Å²) in [6, 6.07) is 14.0. The van der Waals surface area contributed by atoms with Crippen LogP contribution >= 0.6 is 11.5 Å². The highest BCUT2D eigenvalue weighted by atomic mass is 32.1. The van der Waals surface area contributed by atoms with E-state index in [1.165, 1.54) is 23.7 Å². The lowest BCUT2D eigenvalue weighted by Gasteiger charge is -2.31. The van der Waals surface area contributed by atoms with Crippen molar-refractivity contribution in [1.29, 1.82) is 0 Å². The molecular formula is C24H27FN4O2S. The van der Waals surface area contributed by atoms with E-state index in [-0.39, 0.29) is 11.7 Å². The Morgan fingerprint density at radius 2 is 1.81 bits per heavy atom. The van der Waals surface area contributed by atoms with Gasteiger partial charge in [0.2, 0.25) is 11.0 Å². The van der Waals surface area contributed by atoms with E-state index in [4.69, 9.17) is 4.74 Å². The lowest BCUT2D eigenvalue weighted by Crippen LogP contribution is -2.39. The Balaban J connectivity index is 1.20. The lowest BCUT2D eigenvalue weighted by molar-refractivity contribution is -0.120. The average molecular weight is 455 g/mol. The Morgan fingerprint density at radius 3 is 2.50 bits per heavy atom. The number of methoxy groups -OCH3 is 1. The second-order valence-electron chi connectivity index (χ2n) is 8.06. The van der Waals surface area contributed by atoms with E-state index in [1.54, 1.807) is 19.2 Å². The van der Waals surface area contributed by atoms with Crippen LogP contribution in [0.1, 0.15) is 29.8 Å². The van der Waals surface area contributed by atoms with Crippen molar-refractivity contribution >= 4 is 22.6 Å². The molecule has 0 radical (unpaired) electrons. The highest BCUT2D eigenvalue weighted by molar-refractivity contribution is 7.09. The zero-order valence-electron chi connectivity index (χ0n) is 18.1. The zero-order valence-corrected chi connectivity index (χ0v) is 18.9. The standard InChI is InChI=1S/C24H27FN4O2S/c1-31-21-8-4-18(5-9-21)15-23(30)26-16-19-10-12-29(13-11-19)24-27-22(28-32-24)14-17-2-6-20(25)7-3-17/h2-9,19H,10-16H2,1H3,(H,26,30). The molecule has 1 aliphatic rings. The van der Waals surface area contributed by atoms with Crippen molar-refractivity contribution in [3.05, 3.63) is 71.3 Å². The number of nitrogens with one attached hydrogen (secondary N) is 1. The second kappa shape index (κ2) is 10.5. The molecule has 6 nitrogen and oxygen atoms in total. The Morgan fingerprint density at radius 1 is 1.12 bits per heavy atom. The van der Waals surface area contributed by atoms with Gasteiger partial charge in [0, 0.05) is 37.6 Å². The van der Waals surface area contributed by atoms with Gasteiger partial charge in [0.25, 0.3) is 0 Å². The van der Waals surface area contributed by atoms with Crippen LogP contribution in [0.15, 0.2) is 48.5 Å². The van der Waals surface area contributed by atoms with Gasteiger partial charge in [0.1, 0.15) is 17.4 Å².